The van der Waals surface area contributed by atoms with E-state index in [1.807, 2.05) is 0 Å². The highest BCUT2D eigenvalue weighted by atomic mass is 35.5. The number of carbonyl (C=O) groups excluding carboxylic acids is 1. The van der Waals surface area contributed by atoms with Crippen molar-refractivity contribution in [3.63, 3.8) is 0 Å². The number of hydrogen-bond donors (Lipinski definition) is 3. The van der Waals surface area contributed by atoms with Gasteiger partial charge < -0.3 is 11.1 Å². The maximum atomic E-state index is 11.9. The molecular formula is C11H9ClN4O2. The maximum Gasteiger partial charge on any atom is 0.276 e. The highest BCUT2D eigenvalue weighted by Gasteiger charge is 2.11. The van der Waals surface area contributed by atoms with Crippen LogP contribution in [0.3, 0.4) is 0 Å². The minimum Gasteiger partial charge on any atom is -0.369 e. The zero-order valence-corrected chi connectivity index (χ0v) is 9.86. The molecule has 18 heavy (non-hydrogen) atoms. The molecule has 4 N–H and O–H groups in total. The van der Waals surface area contributed by atoms with Gasteiger partial charge in [0.1, 0.15) is 5.69 Å². The summed E-state index contributed by atoms with van der Waals surface area (Å²) in [5.41, 5.74) is 5.05. The van der Waals surface area contributed by atoms with Gasteiger partial charge in [-0.25, -0.2) is 4.98 Å². The molecule has 0 saturated heterocycles. The average molecular weight is 265 g/mol. The number of aromatic nitrogens is 2. The summed E-state index contributed by atoms with van der Waals surface area (Å²) < 4.78 is 0. The van der Waals surface area contributed by atoms with Crippen molar-refractivity contribution < 1.29 is 4.79 Å². The molecule has 1 heterocycles. The third kappa shape index (κ3) is 2.49. The monoisotopic (exact) mass is 264 g/mol. The van der Waals surface area contributed by atoms with Crippen LogP contribution in [0, 0.1) is 0 Å². The van der Waals surface area contributed by atoms with E-state index in [1.165, 1.54) is 6.20 Å². The maximum absolute atomic E-state index is 11.9. The second-order valence-electron chi connectivity index (χ2n) is 3.45. The van der Waals surface area contributed by atoms with Gasteiger partial charge in [0.05, 0.1) is 16.8 Å². The molecule has 0 aliphatic heterocycles. The molecule has 0 aliphatic carbocycles. The molecule has 0 atom stereocenters. The summed E-state index contributed by atoms with van der Waals surface area (Å²) in [6, 6.07) is 6.52. The van der Waals surface area contributed by atoms with Crippen molar-refractivity contribution in [1.82, 2.24) is 9.97 Å². The van der Waals surface area contributed by atoms with E-state index < -0.39 is 11.5 Å². The highest BCUT2D eigenvalue weighted by Crippen LogP contribution is 2.15. The van der Waals surface area contributed by atoms with Crippen LogP contribution in [0.2, 0.25) is 5.02 Å². The van der Waals surface area contributed by atoms with Crippen LogP contribution in [-0.2, 0) is 0 Å². The molecule has 1 amide bonds. The molecule has 0 radical (unpaired) electrons. The van der Waals surface area contributed by atoms with E-state index >= 15 is 0 Å². The first-order valence-electron chi connectivity index (χ1n) is 4.98. The van der Waals surface area contributed by atoms with E-state index in [1.54, 1.807) is 24.3 Å². The van der Waals surface area contributed by atoms with Gasteiger partial charge in [0.2, 0.25) is 0 Å². The Morgan fingerprint density at radius 3 is 2.78 bits per heavy atom. The van der Waals surface area contributed by atoms with Gasteiger partial charge in [-0.1, -0.05) is 23.7 Å². The van der Waals surface area contributed by atoms with Crippen molar-refractivity contribution in [1.29, 1.82) is 0 Å². The number of rotatable bonds is 2. The Morgan fingerprint density at radius 2 is 2.11 bits per heavy atom. The predicted octanol–water partition coefficient (Wildman–Crippen LogP) is 1.26. The van der Waals surface area contributed by atoms with Crippen molar-refractivity contribution in [3.05, 3.63) is 51.4 Å². The predicted molar refractivity (Wildman–Crippen MR) is 68.7 cm³/mol. The molecule has 1 aromatic heterocycles. The number of carbonyl (C=O) groups is 1. The van der Waals surface area contributed by atoms with Crippen molar-refractivity contribution in [3.8, 4) is 0 Å². The Labute approximate surface area is 107 Å². The fourth-order valence-corrected chi connectivity index (χ4v) is 1.55. The van der Waals surface area contributed by atoms with E-state index in [9.17, 15) is 9.59 Å². The van der Waals surface area contributed by atoms with Gasteiger partial charge in [0, 0.05) is 0 Å². The Morgan fingerprint density at radius 1 is 1.39 bits per heavy atom. The number of nitrogens with two attached hydrogens (primary N) is 1. The van der Waals surface area contributed by atoms with Gasteiger partial charge in [-0.05, 0) is 12.1 Å². The van der Waals surface area contributed by atoms with Crippen LogP contribution in [0.5, 0.6) is 0 Å². The highest BCUT2D eigenvalue weighted by molar-refractivity contribution is 6.34. The summed E-state index contributed by atoms with van der Waals surface area (Å²) in [6.45, 7) is 0. The number of hydrogen-bond acceptors (Lipinski definition) is 4. The van der Waals surface area contributed by atoms with Crippen molar-refractivity contribution in [2.24, 2.45) is 0 Å². The smallest absolute Gasteiger partial charge is 0.276 e. The van der Waals surface area contributed by atoms with Gasteiger partial charge in [-0.2, -0.15) is 0 Å². The van der Waals surface area contributed by atoms with Crippen molar-refractivity contribution >= 4 is 29.1 Å². The lowest BCUT2D eigenvalue weighted by atomic mass is 10.2. The summed E-state index contributed by atoms with van der Waals surface area (Å²) >= 11 is 5.87. The van der Waals surface area contributed by atoms with Crippen LogP contribution >= 0.6 is 11.6 Å². The van der Waals surface area contributed by atoms with E-state index in [0.29, 0.717) is 5.02 Å². The number of nitrogens with one attached hydrogen (secondary N) is 2. The van der Waals surface area contributed by atoms with Crippen LogP contribution in [0.15, 0.2) is 35.3 Å². The molecular weight excluding hydrogens is 256 g/mol. The Hall–Kier alpha value is -2.34. The Balaban J connectivity index is 2.27. The summed E-state index contributed by atoms with van der Waals surface area (Å²) in [4.78, 5) is 29.3. The van der Waals surface area contributed by atoms with E-state index in [-0.39, 0.29) is 17.2 Å². The number of halogens is 1. The molecule has 0 unspecified atom stereocenters. The van der Waals surface area contributed by atoms with Gasteiger partial charge >= 0.3 is 0 Å². The lowest BCUT2D eigenvalue weighted by molar-refractivity contribution is 0.102. The average Bonchev–Trinajstić information content (AvgIpc) is 2.33. The summed E-state index contributed by atoms with van der Waals surface area (Å²) in [5, 5.41) is 2.71. The Bertz CT molecular complexity index is 653. The molecule has 0 aliphatic rings. The second kappa shape index (κ2) is 4.89. The SMILES string of the molecule is Nc1ncc(NC(=O)c2ccccc2Cl)c(=O)[nH]1. The minimum atomic E-state index is -0.525. The largest absolute Gasteiger partial charge is 0.369 e. The lowest BCUT2D eigenvalue weighted by Gasteiger charge is -2.05. The van der Waals surface area contributed by atoms with Crippen LogP contribution < -0.4 is 16.6 Å². The topological polar surface area (TPSA) is 101 Å². The van der Waals surface area contributed by atoms with E-state index in [4.69, 9.17) is 17.3 Å². The Kier molecular flexibility index (Phi) is 3.29. The second-order valence-corrected chi connectivity index (χ2v) is 3.85. The number of nitrogen functional groups attached to an aromatic ring is 1. The molecule has 2 rings (SSSR count). The summed E-state index contributed by atoms with van der Waals surface area (Å²) in [7, 11) is 0. The van der Waals surface area contributed by atoms with Crippen LogP contribution in [0.25, 0.3) is 0 Å². The molecule has 0 fully saturated rings. The van der Waals surface area contributed by atoms with Crippen molar-refractivity contribution in [2.45, 2.75) is 0 Å². The third-order valence-electron chi connectivity index (χ3n) is 2.19. The standard InChI is InChI=1S/C11H9ClN4O2/c12-7-4-2-1-3-6(7)9(17)15-8-5-14-11(13)16-10(8)18/h1-5H,(H,15,17)(H3,13,14,16,18). The zero-order valence-electron chi connectivity index (χ0n) is 9.11. The quantitative estimate of drug-likeness (QED) is 0.760. The molecule has 6 nitrogen and oxygen atoms in total. The van der Waals surface area contributed by atoms with E-state index in [2.05, 4.69) is 15.3 Å². The van der Waals surface area contributed by atoms with Crippen LogP contribution in [0.1, 0.15) is 10.4 Å². The number of anilines is 2. The van der Waals surface area contributed by atoms with Crippen molar-refractivity contribution in [2.75, 3.05) is 11.1 Å². The molecule has 0 bridgehead atoms. The number of aromatic amines is 1. The molecule has 0 saturated carbocycles. The zero-order chi connectivity index (χ0) is 13.1. The first kappa shape index (κ1) is 12.1. The van der Waals surface area contributed by atoms with Crippen LogP contribution in [0.4, 0.5) is 11.6 Å². The molecule has 1 aromatic carbocycles. The molecule has 0 spiro atoms. The fraction of sp³-hybridized carbons (Fsp3) is 0. The van der Waals surface area contributed by atoms with E-state index in [0.717, 1.165) is 0 Å². The number of amides is 1. The lowest BCUT2D eigenvalue weighted by Crippen LogP contribution is -2.21. The van der Waals surface area contributed by atoms with Gasteiger partial charge in [-0.15, -0.1) is 0 Å². The molecule has 92 valence electrons. The van der Waals surface area contributed by atoms with Gasteiger partial charge in [0.25, 0.3) is 11.5 Å². The first-order chi connectivity index (χ1) is 8.58. The first-order valence-corrected chi connectivity index (χ1v) is 5.36. The fourth-order valence-electron chi connectivity index (χ4n) is 1.33. The van der Waals surface area contributed by atoms with Crippen LogP contribution in [-0.4, -0.2) is 15.9 Å². The minimum absolute atomic E-state index is 0.00844. The summed E-state index contributed by atoms with van der Waals surface area (Å²) in [6.07, 6.45) is 1.18. The molecule has 7 heteroatoms. The number of nitrogens with zero attached hydrogens (tertiary/aromatic N) is 1. The van der Waals surface area contributed by atoms with Gasteiger partial charge in [-0.3, -0.25) is 14.6 Å². The third-order valence-corrected chi connectivity index (χ3v) is 2.52. The molecule has 2 aromatic rings. The normalized spacial score (nSPS) is 10.1. The number of H-pyrrole nitrogens is 1. The summed E-state index contributed by atoms with van der Waals surface area (Å²) in [5.74, 6) is -0.506. The number of benzene rings is 1. The van der Waals surface area contributed by atoms with Gasteiger partial charge in [0.15, 0.2) is 5.95 Å².